The van der Waals surface area contributed by atoms with Gasteiger partial charge >= 0.3 is 0 Å². The number of hydrogen-bond acceptors (Lipinski definition) is 4. The first-order valence-corrected chi connectivity index (χ1v) is 6.69. The van der Waals surface area contributed by atoms with Crippen LogP contribution < -0.4 is 5.32 Å². The lowest BCUT2D eigenvalue weighted by Gasteiger charge is -2.23. The number of anilines is 1. The van der Waals surface area contributed by atoms with Gasteiger partial charge in [-0.3, -0.25) is 0 Å². The summed E-state index contributed by atoms with van der Waals surface area (Å²) < 4.78 is 10.6. The third-order valence-electron chi connectivity index (χ3n) is 2.60. The molecule has 88 valence electrons. The predicted octanol–water partition coefficient (Wildman–Crippen LogP) is 2.58. The number of nitrogens with one attached hydrogen (secondary N) is 1. The zero-order chi connectivity index (χ0) is 11.2. The summed E-state index contributed by atoms with van der Waals surface area (Å²) in [4.78, 5) is 1.27. The summed E-state index contributed by atoms with van der Waals surface area (Å²) in [6.07, 6.45) is 3.32. The van der Waals surface area contributed by atoms with Gasteiger partial charge in [-0.2, -0.15) is 0 Å². The fraction of sp³-hybridized carbons (Fsp3) is 0.500. The van der Waals surface area contributed by atoms with E-state index in [1.54, 1.807) is 11.8 Å². The van der Waals surface area contributed by atoms with Crippen LogP contribution in [0.4, 0.5) is 5.69 Å². The maximum atomic E-state index is 5.48. The van der Waals surface area contributed by atoms with Gasteiger partial charge in [-0.05, 0) is 24.8 Å². The van der Waals surface area contributed by atoms with Gasteiger partial charge in [0.1, 0.15) is 6.79 Å². The van der Waals surface area contributed by atoms with Gasteiger partial charge in [0, 0.05) is 17.1 Å². The lowest BCUT2D eigenvalue weighted by atomic mass is 10.2. The van der Waals surface area contributed by atoms with Crippen LogP contribution in [-0.4, -0.2) is 32.3 Å². The van der Waals surface area contributed by atoms with Crippen LogP contribution in [-0.2, 0) is 9.47 Å². The Morgan fingerprint density at radius 3 is 3.06 bits per heavy atom. The Bertz CT molecular complexity index is 327. The fourth-order valence-electron chi connectivity index (χ4n) is 1.68. The second-order valence-electron chi connectivity index (χ2n) is 3.68. The van der Waals surface area contributed by atoms with Gasteiger partial charge in [-0.25, -0.2) is 0 Å². The Kier molecular flexibility index (Phi) is 4.51. The molecule has 0 radical (unpaired) electrons. The molecule has 0 amide bonds. The highest BCUT2D eigenvalue weighted by Gasteiger charge is 2.13. The van der Waals surface area contributed by atoms with Crippen molar-refractivity contribution in [2.75, 3.05) is 31.5 Å². The summed E-state index contributed by atoms with van der Waals surface area (Å²) >= 11 is 1.75. The van der Waals surface area contributed by atoms with Crippen molar-refractivity contribution < 1.29 is 9.47 Å². The number of rotatable bonds is 4. The summed E-state index contributed by atoms with van der Waals surface area (Å²) in [6.45, 7) is 2.08. The Morgan fingerprint density at radius 2 is 2.31 bits per heavy atom. The van der Waals surface area contributed by atoms with Crippen LogP contribution >= 0.6 is 11.8 Å². The summed E-state index contributed by atoms with van der Waals surface area (Å²) in [7, 11) is 0. The number of thioether (sulfide) groups is 1. The molecule has 0 saturated carbocycles. The fourth-order valence-corrected chi connectivity index (χ4v) is 2.25. The highest BCUT2D eigenvalue weighted by atomic mass is 32.2. The summed E-state index contributed by atoms with van der Waals surface area (Å²) in [6, 6.07) is 8.33. The standard InChI is InChI=1S/C12H17NO2S/c1-16-12-5-3-2-4-11(12)13-8-10-6-7-14-9-15-10/h2-5,10,13H,6-9H2,1H3. The van der Waals surface area contributed by atoms with E-state index in [9.17, 15) is 0 Å². The molecule has 1 aliphatic heterocycles. The van der Waals surface area contributed by atoms with Crippen molar-refractivity contribution >= 4 is 17.4 Å². The molecule has 0 aromatic heterocycles. The summed E-state index contributed by atoms with van der Waals surface area (Å²) in [5, 5.41) is 3.43. The minimum absolute atomic E-state index is 0.267. The van der Waals surface area contributed by atoms with Crippen molar-refractivity contribution in [1.29, 1.82) is 0 Å². The lowest BCUT2D eigenvalue weighted by molar-refractivity contribution is -0.133. The van der Waals surface area contributed by atoms with E-state index in [1.165, 1.54) is 10.6 Å². The average Bonchev–Trinajstić information content (AvgIpc) is 2.38. The molecular formula is C12H17NO2S. The molecule has 1 unspecified atom stereocenters. The van der Waals surface area contributed by atoms with E-state index in [1.807, 2.05) is 6.07 Å². The smallest absolute Gasteiger partial charge is 0.147 e. The molecule has 1 saturated heterocycles. The van der Waals surface area contributed by atoms with E-state index in [-0.39, 0.29) is 6.10 Å². The van der Waals surface area contributed by atoms with Crippen molar-refractivity contribution in [3.63, 3.8) is 0 Å². The Balaban J connectivity index is 1.88. The molecule has 0 spiro atoms. The Labute approximate surface area is 101 Å². The second-order valence-corrected chi connectivity index (χ2v) is 4.53. The topological polar surface area (TPSA) is 30.5 Å². The normalized spacial score (nSPS) is 20.7. The molecule has 1 aromatic rings. The van der Waals surface area contributed by atoms with Gasteiger partial charge in [0.2, 0.25) is 0 Å². The van der Waals surface area contributed by atoms with Crippen molar-refractivity contribution in [2.45, 2.75) is 17.4 Å². The zero-order valence-electron chi connectivity index (χ0n) is 9.44. The molecular weight excluding hydrogens is 222 g/mol. The first-order valence-electron chi connectivity index (χ1n) is 5.46. The first-order chi connectivity index (χ1) is 7.90. The predicted molar refractivity (Wildman–Crippen MR) is 67.0 cm³/mol. The van der Waals surface area contributed by atoms with E-state index in [2.05, 4.69) is 29.8 Å². The van der Waals surface area contributed by atoms with Gasteiger partial charge in [0.25, 0.3) is 0 Å². The third-order valence-corrected chi connectivity index (χ3v) is 3.39. The highest BCUT2D eigenvalue weighted by Crippen LogP contribution is 2.24. The van der Waals surface area contributed by atoms with Crippen LogP contribution in [0.2, 0.25) is 0 Å². The SMILES string of the molecule is CSc1ccccc1NCC1CCOCO1. The van der Waals surface area contributed by atoms with Crippen LogP contribution in [0.3, 0.4) is 0 Å². The van der Waals surface area contributed by atoms with Gasteiger partial charge in [0.05, 0.1) is 12.7 Å². The Hall–Kier alpha value is -0.710. The summed E-state index contributed by atoms with van der Waals surface area (Å²) in [5.74, 6) is 0. The maximum absolute atomic E-state index is 5.48. The monoisotopic (exact) mass is 239 g/mol. The van der Waals surface area contributed by atoms with Gasteiger partial charge in [-0.1, -0.05) is 12.1 Å². The van der Waals surface area contributed by atoms with Crippen LogP contribution in [0.1, 0.15) is 6.42 Å². The number of para-hydroxylation sites is 1. The van der Waals surface area contributed by atoms with Crippen LogP contribution in [0.5, 0.6) is 0 Å². The van der Waals surface area contributed by atoms with E-state index in [4.69, 9.17) is 9.47 Å². The van der Waals surface area contributed by atoms with Crippen molar-refractivity contribution in [3.05, 3.63) is 24.3 Å². The van der Waals surface area contributed by atoms with E-state index >= 15 is 0 Å². The van der Waals surface area contributed by atoms with Gasteiger partial charge < -0.3 is 14.8 Å². The number of ether oxygens (including phenoxy) is 2. The van der Waals surface area contributed by atoms with Crippen molar-refractivity contribution in [2.24, 2.45) is 0 Å². The first kappa shape index (κ1) is 11.8. The quantitative estimate of drug-likeness (QED) is 0.818. The number of benzene rings is 1. The third kappa shape index (κ3) is 3.14. The molecule has 1 fully saturated rings. The molecule has 0 aliphatic carbocycles. The summed E-state index contributed by atoms with van der Waals surface area (Å²) in [5.41, 5.74) is 1.19. The van der Waals surface area contributed by atoms with E-state index in [0.717, 1.165) is 19.6 Å². The molecule has 4 heteroatoms. The minimum atomic E-state index is 0.267. The average molecular weight is 239 g/mol. The molecule has 1 atom stereocenters. The van der Waals surface area contributed by atoms with Crippen LogP contribution in [0.25, 0.3) is 0 Å². The molecule has 1 aromatic carbocycles. The molecule has 3 nitrogen and oxygen atoms in total. The van der Waals surface area contributed by atoms with E-state index in [0.29, 0.717) is 6.79 Å². The lowest BCUT2D eigenvalue weighted by Crippen LogP contribution is -2.30. The molecule has 1 aliphatic rings. The number of hydrogen-bond donors (Lipinski definition) is 1. The zero-order valence-corrected chi connectivity index (χ0v) is 10.3. The molecule has 16 heavy (non-hydrogen) atoms. The van der Waals surface area contributed by atoms with Gasteiger partial charge in [0.15, 0.2) is 0 Å². The maximum Gasteiger partial charge on any atom is 0.147 e. The molecule has 1 heterocycles. The van der Waals surface area contributed by atoms with Crippen LogP contribution in [0.15, 0.2) is 29.2 Å². The molecule has 2 rings (SSSR count). The van der Waals surface area contributed by atoms with Crippen molar-refractivity contribution in [3.8, 4) is 0 Å². The van der Waals surface area contributed by atoms with Crippen LogP contribution in [0, 0.1) is 0 Å². The minimum Gasteiger partial charge on any atom is -0.382 e. The second kappa shape index (κ2) is 6.13. The molecule has 1 N–H and O–H groups in total. The van der Waals surface area contributed by atoms with Gasteiger partial charge in [-0.15, -0.1) is 11.8 Å². The largest absolute Gasteiger partial charge is 0.382 e. The Morgan fingerprint density at radius 1 is 1.44 bits per heavy atom. The highest BCUT2D eigenvalue weighted by molar-refractivity contribution is 7.98. The van der Waals surface area contributed by atoms with Crippen molar-refractivity contribution in [1.82, 2.24) is 0 Å². The molecule has 0 bridgehead atoms. The van der Waals surface area contributed by atoms with E-state index < -0.39 is 0 Å².